The van der Waals surface area contributed by atoms with E-state index in [1.54, 1.807) is 18.3 Å². The molecular formula is C10H13BrN2O2. The molecule has 0 saturated carbocycles. The molecule has 1 aromatic heterocycles. The van der Waals surface area contributed by atoms with Crippen LogP contribution in [0.5, 0.6) is 0 Å². The number of unbranched alkanes of at least 4 members (excludes halogenated alkanes) is 1. The lowest BCUT2D eigenvalue weighted by molar-refractivity contribution is 0.160. The first-order valence-corrected chi connectivity index (χ1v) is 5.57. The smallest absolute Gasteiger partial charge is 0.411 e. The molecule has 0 radical (unpaired) electrons. The van der Waals surface area contributed by atoms with Crippen molar-refractivity contribution in [2.45, 2.75) is 19.8 Å². The zero-order valence-electron chi connectivity index (χ0n) is 8.50. The highest BCUT2D eigenvalue weighted by molar-refractivity contribution is 9.10. The van der Waals surface area contributed by atoms with Crippen LogP contribution < -0.4 is 5.32 Å². The van der Waals surface area contributed by atoms with E-state index in [0.29, 0.717) is 16.9 Å². The van der Waals surface area contributed by atoms with Crippen molar-refractivity contribution in [1.29, 1.82) is 0 Å². The topological polar surface area (TPSA) is 51.2 Å². The van der Waals surface area contributed by atoms with E-state index < -0.39 is 6.09 Å². The molecule has 0 fully saturated rings. The van der Waals surface area contributed by atoms with Gasteiger partial charge in [-0.25, -0.2) is 9.78 Å². The Balaban J connectivity index is 2.41. The average molecular weight is 273 g/mol. The summed E-state index contributed by atoms with van der Waals surface area (Å²) in [7, 11) is 0. The number of rotatable bonds is 4. The Bertz CT molecular complexity index is 331. The highest BCUT2D eigenvalue weighted by atomic mass is 79.9. The second-order valence-electron chi connectivity index (χ2n) is 2.96. The van der Waals surface area contributed by atoms with Crippen molar-refractivity contribution < 1.29 is 9.53 Å². The average Bonchev–Trinajstić information content (AvgIpc) is 2.22. The molecule has 0 spiro atoms. The van der Waals surface area contributed by atoms with Crippen LogP contribution in [0.2, 0.25) is 0 Å². The Kier molecular flexibility index (Phi) is 5.10. The first-order valence-electron chi connectivity index (χ1n) is 4.78. The minimum Gasteiger partial charge on any atom is -0.449 e. The number of ether oxygens (including phenoxy) is 1. The fraction of sp³-hybridized carbons (Fsp3) is 0.400. The number of amides is 1. The summed E-state index contributed by atoms with van der Waals surface area (Å²) in [6, 6.07) is 3.49. The molecule has 1 aromatic rings. The van der Waals surface area contributed by atoms with E-state index in [1.165, 1.54) is 0 Å². The van der Waals surface area contributed by atoms with Gasteiger partial charge in [0.15, 0.2) is 0 Å². The van der Waals surface area contributed by atoms with Gasteiger partial charge in [-0.3, -0.25) is 5.32 Å². The van der Waals surface area contributed by atoms with Gasteiger partial charge in [0.05, 0.1) is 12.3 Å². The molecule has 0 aliphatic carbocycles. The number of hydrogen-bond donors (Lipinski definition) is 1. The molecule has 1 amide bonds. The van der Waals surface area contributed by atoms with Crippen molar-refractivity contribution in [3.05, 3.63) is 22.9 Å². The maximum atomic E-state index is 11.3. The molecule has 1 heterocycles. The fourth-order valence-corrected chi connectivity index (χ4v) is 1.28. The molecule has 1 rings (SSSR count). The minimum absolute atomic E-state index is 0.445. The van der Waals surface area contributed by atoms with Crippen LogP contribution in [0, 0.1) is 0 Å². The summed E-state index contributed by atoms with van der Waals surface area (Å²) in [6.07, 6.45) is 3.07. The van der Waals surface area contributed by atoms with Crippen LogP contribution in [-0.4, -0.2) is 17.7 Å². The monoisotopic (exact) mass is 272 g/mol. The first-order chi connectivity index (χ1) is 7.24. The molecule has 0 unspecified atom stereocenters. The van der Waals surface area contributed by atoms with E-state index in [4.69, 9.17) is 4.74 Å². The lowest BCUT2D eigenvalue weighted by Crippen LogP contribution is -2.14. The summed E-state index contributed by atoms with van der Waals surface area (Å²) in [5.74, 6) is 0. The van der Waals surface area contributed by atoms with Gasteiger partial charge in [0.1, 0.15) is 4.60 Å². The normalized spacial score (nSPS) is 9.73. The van der Waals surface area contributed by atoms with Crippen molar-refractivity contribution in [3.8, 4) is 0 Å². The molecule has 5 heteroatoms. The fourth-order valence-electron chi connectivity index (χ4n) is 0.935. The quantitative estimate of drug-likeness (QED) is 0.677. The van der Waals surface area contributed by atoms with E-state index in [-0.39, 0.29) is 0 Å². The third kappa shape index (κ3) is 4.29. The van der Waals surface area contributed by atoms with Crippen molar-refractivity contribution in [2.75, 3.05) is 11.9 Å². The van der Waals surface area contributed by atoms with Gasteiger partial charge >= 0.3 is 6.09 Å². The summed E-state index contributed by atoms with van der Waals surface area (Å²) in [5.41, 5.74) is 0.610. The molecule has 0 bridgehead atoms. The number of halogens is 1. The minimum atomic E-state index is -0.447. The lowest BCUT2D eigenvalue weighted by atomic mass is 10.4. The zero-order valence-corrected chi connectivity index (χ0v) is 10.1. The Morgan fingerprint density at radius 1 is 1.67 bits per heavy atom. The van der Waals surface area contributed by atoms with Crippen molar-refractivity contribution in [3.63, 3.8) is 0 Å². The van der Waals surface area contributed by atoms with Crippen LogP contribution in [0.4, 0.5) is 10.5 Å². The molecule has 0 aromatic carbocycles. The third-order valence-electron chi connectivity index (χ3n) is 1.73. The zero-order chi connectivity index (χ0) is 11.1. The predicted octanol–water partition coefficient (Wildman–Crippen LogP) is 3.19. The van der Waals surface area contributed by atoms with Crippen molar-refractivity contribution in [1.82, 2.24) is 4.98 Å². The third-order valence-corrected chi connectivity index (χ3v) is 2.36. The van der Waals surface area contributed by atoms with Gasteiger partial charge < -0.3 is 4.74 Å². The summed E-state index contributed by atoms with van der Waals surface area (Å²) < 4.78 is 5.54. The summed E-state index contributed by atoms with van der Waals surface area (Å²) in [4.78, 5) is 15.2. The highest BCUT2D eigenvalue weighted by Crippen LogP contribution is 2.18. The van der Waals surface area contributed by atoms with E-state index in [0.717, 1.165) is 12.8 Å². The maximum absolute atomic E-state index is 11.3. The molecule has 82 valence electrons. The van der Waals surface area contributed by atoms with E-state index in [9.17, 15) is 4.79 Å². The Labute approximate surface area is 97.2 Å². The van der Waals surface area contributed by atoms with Gasteiger partial charge in [-0.15, -0.1) is 0 Å². The van der Waals surface area contributed by atoms with Crippen LogP contribution in [0.15, 0.2) is 22.9 Å². The highest BCUT2D eigenvalue weighted by Gasteiger charge is 2.05. The first kappa shape index (κ1) is 12.0. The van der Waals surface area contributed by atoms with Crippen molar-refractivity contribution in [2.24, 2.45) is 0 Å². The van der Waals surface area contributed by atoms with Gasteiger partial charge in [0.2, 0.25) is 0 Å². The standard InChI is InChI=1S/C10H13BrN2O2/c1-2-3-7-15-10(14)13-8-5-4-6-12-9(8)11/h4-6H,2-3,7H2,1H3,(H,13,14). The number of aromatic nitrogens is 1. The van der Waals surface area contributed by atoms with Crippen molar-refractivity contribution >= 4 is 27.7 Å². The second kappa shape index (κ2) is 6.40. The van der Waals surface area contributed by atoms with Gasteiger partial charge in [0.25, 0.3) is 0 Å². The Morgan fingerprint density at radius 2 is 2.47 bits per heavy atom. The van der Waals surface area contributed by atoms with Crippen LogP contribution >= 0.6 is 15.9 Å². The number of carbonyl (C=O) groups excluding carboxylic acids is 1. The summed E-state index contributed by atoms with van der Waals surface area (Å²) in [5, 5.41) is 2.60. The number of nitrogens with zero attached hydrogens (tertiary/aromatic N) is 1. The Morgan fingerprint density at radius 3 is 3.13 bits per heavy atom. The number of hydrogen-bond acceptors (Lipinski definition) is 3. The van der Waals surface area contributed by atoms with Gasteiger partial charge in [0, 0.05) is 6.20 Å². The summed E-state index contributed by atoms with van der Waals surface area (Å²) in [6.45, 7) is 2.49. The predicted molar refractivity (Wildman–Crippen MR) is 61.8 cm³/mol. The SMILES string of the molecule is CCCCOC(=O)Nc1cccnc1Br. The van der Waals surface area contributed by atoms with Gasteiger partial charge in [-0.2, -0.15) is 0 Å². The largest absolute Gasteiger partial charge is 0.449 e. The molecular weight excluding hydrogens is 260 g/mol. The van der Waals surface area contributed by atoms with Gasteiger partial charge in [-0.05, 0) is 34.5 Å². The number of nitrogens with one attached hydrogen (secondary N) is 1. The molecule has 4 nitrogen and oxygen atoms in total. The molecule has 1 N–H and O–H groups in total. The summed E-state index contributed by atoms with van der Waals surface area (Å²) >= 11 is 3.23. The van der Waals surface area contributed by atoms with Crippen LogP contribution in [-0.2, 0) is 4.74 Å². The Hall–Kier alpha value is -1.10. The van der Waals surface area contributed by atoms with E-state index in [1.807, 2.05) is 6.92 Å². The molecule has 15 heavy (non-hydrogen) atoms. The lowest BCUT2D eigenvalue weighted by Gasteiger charge is -2.06. The number of carbonyl (C=O) groups is 1. The molecule has 0 saturated heterocycles. The van der Waals surface area contributed by atoms with E-state index >= 15 is 0 Å². The molecule has 0 atom stereocenters. The second-order valence-corrected chi connectivity index (χ2v) is 3.71. The van der Waals surface area contributed by atoms with Gasteiger partial charge in [-0.1, -0.05) is 13.3 Å². The number of pyridine rings is 1. The number of anilines is 1. The van der Waals surface area contributed by atoms with E-state index in [2.05, 4.69) is 26.2 Å². The molecule has 0 aliphatic rings. The van der Waals surface area contributed by atoms with Crippen LogP contribution in [0.1, 0.15) is 19.8 Å². The van der Waals surface area contributed by atoms with Crippen LogP contribution in [0.3, 0.4) is 0 Å². The maximum Gasteiger partial charge on any atom is 0.411 e. The van der Waals surface area contributed by atoms with Crippen LogP contribution in [0.25, 0.3) is 0 Å². The molecule has 0 aliphatic heterocycles.